The maximum atomic E-state index is 12.5. The van der Waals surface area contributed by atoms with Gasteiger partial charge in [-0.15, -0.1) is 0 Å². The number of nitrogens with zero attached hydrogens (tertiary/aromatic N) is 1. The molecule has 2 aromatic rings. The Morgan fingerprint density at radius 2 is 1.95 bits per heavy atom. The van der Waals surface area contributed by atoms with Crippen LogP contribution in [0.25, 0.3) is 6.08 Å². The van der Waals surface area contributed by atoms with E-state index in [-0.39, 0.29) is 5.78 Å². The third kappa shape index (κ3) is 1.50. The summed E-state index contributed by atoms with van der Waals surface area (Å²) in [5.74, 6) is 0.0753. The molecule has 2 heteroatoms. The van der Waals surface area contributed by atoms with Crippen molar-refractivity contribution in [3.05, 3.63) is 75.8 Å². The summed E-state index contributed by atoms with van der Waals surface area (Å²) in [7, 11) is 0. The normalized spacial score (nSPS) is 14.8. The van der Waals surface area contributed by atoms with Crippen molar-refractivity contribution in [1.82, 2.24) is 0 Å². The van der Waals surface area contributed by atoms with Crippen LogP contribution in [-0.4, -0.2) is 5.78 Å². The van der Waals surface area contributed by atoms with E-state index in [1.165, 1.54) is 5.56 Å². The van der Waals surface area contributed by atoms with Crippen LogP contribution in [0.4, 0.5) is 5.69 Å². The van der Waals surface area contributed by atoms with Crippen molar-refractivity contribution in [2.24, 2.45) is 4.99 Å². The van der Waals surface area contributed by atoms with Crippen LogP contribution >= 0.6 is 0 Å². The minimum absolute atomic E-state index is 0.0753. The summed E-state index contributed by atoms with van der Waals surface area (Å²) in [5, 5.41) is 1.93. The molecule has 4 rings (SSSR count). The van der Waals surface area contributed by atoms with Crippen LogP contribution in [0.1, 0.15) is 21.5 Å². The van der Waals surface area contributed by atoms with Crippen LogP contribution in [0.2, 0.25) is 0 Å². The third-order valence-electron chi connectivity index (χ3n) is 3.64. The standard InChI is InChI=1S/C17H11NO/c19-17-13-7-3-4-8-15(13)18-16-10-12-6-2-1-5-11(12)9-14(16)17/h1-5,7-10H,6H2. The molecular weight excluding hydrogens is 234 g/mol. The molecule has 0 spiro atoms. The van der Waals surface area contributed by atoms with Gasteiger partial charge in [-0.05, 0) is 41.5 Å². The Morgan fingerprint density at radius 3 is 2.89 bits per heavy atom. The molecule has 1 aliphatic carbocycles. The van der Waals surface area contributed by atoms with E-state index >= 15 is 0 Å². The van der Waals surface area contributed by atoms with E-state index in [0.29, 0.717) is 11.1 Å². The Balaban J connectivity index is 2.09. The highest BCUT2D eigenvalue weighted by Gasteiger charge is 2.20. The lowest BCUT2D eigenvalue weighted by Crippen LogP contribution is -2.26. The minimum Gasteiger partial charge on any atom is -0.288 e. The highest BCUT2D eigenvalue weighted by molar-refractivity contribution is 6.12. The van der Waals surface area contributed by atoms with Gasteiger partial charge in [0.05, 0.1) is 11.0 Å². The predicted molar refractivity (Wildman–Crippen MR) is 74.1 cm³/mol. The van der Waals surface area contributed by atoms with Gasteiger partial charge in [0.1, 0.15) is 0 Å². The average Bonchev–Trinajstić information content (AvgIpc) is 2.46. The molecule has 0 fully saturated rings. The molecule has 0 unspecified atom stereocenters. The molecule has 0 N–H and O–H groups in total. The Morgan fingerprint density at radius 1 is 1.05 bits per heavy atom. The van der Waals surface area contributed by atoms with Crippen LogP contribution in [0, 0.1) is 0 Å². The first kappa shape index (κ1) is 10.4. The molecule has 0 bridgehead atoms. The predicted octanol–water partition coefficient (Wildman–Crippen LogP) is 2.08. The van der Waals surface area contributed by atoms with Crippen molar-refractivity contribution in [1.29, 1.82) is 0 Å². The van der Waals surface area contributed by atoms with Gasteiger partial charge in [0.2, 0.25) is 0 Å². The lowest BCUT2D eigenvalue weighted by molar-refractivity contribution is 0.103. The van der Waals surface area contributed by atoms with E-state index in [4.69, 9.17) is 0 Å². The fraction of sp³-hybridized carbons (Fsp3) is 0.0588. The van der Waals surface area contributed by atoms with Gasteiger partial charge >= 0.3 is 0 Å². The van der Waals surface area contributed by atoms with Crippen LogP contribution in [0.3, 0.4) is 0 Å². The van der Waals surface area contributed by atoms with Crippen molar-refractivity contribution in [2.75, 3.05) is 0 Å². The number of ketones is 1. The van der Waals surface area contributed by atoms with Crippen molar-refractivity contribution in [2.45, 2.75) is 6.42 Å². The molecule has 1 heterocycles. The zero-order valence-electron chi connectivity index (χ0n) is 10.3. The number of hydrogen-bond acceptors (Lipinski definition) is 2. The molecule has 0 atom stereocenters. The second kappa shape index (κ2) is 3.75. The SMILES string of the molecule is O=C1c2ccccc2N=c2cc3c(cc21)=CC=CC3. The Bertz CT molecular complexity index is 859. The first-order chi connectivity index (χ1) is 9.33. The Kier molecular flexibility index (Phi) is 2.06. The number of para-hydroxylation sites is 1. The number of hydrogen-bond donors (Lipinski definition) is 0. The van der Waals surface area contributed by atoms with Gasteiger partial charge in [-0.3, -0.25) is 4.79 Å². The van der Waals surface area contributed by atoms with Crippen LogP contribution in [0.15, 0.2) is 53.5 Å². The molecule has 19 heavy (non-hydrogen) atoms. The Hall–Kier alpha value is -2.48. The topological polar surface area (TPSA) is 29.4 Å². The van der Waals surface area contributed by atoms with E-state index in [1.807, 2.05) is 48.6 Å². The molecule has 1 aliphatic heterocycles. The van der Waals surface area contributed by atoms with Gasteiger partial charge in [-0.1, -0.05) is 30.4 Å². The lowest BCUT2D eigenvalue weighted by Gasteiger charge is -2.13. The van der Waals surface area contributed by atoms with Gasteiger partial charge in [0.15, 0.2) is 5.78 Å². The fourth-order valence-electron chi connectivity index (χ4n) is 2.66. The maximum absolute atomic E-state index is 12.5. The van der Waals surface area contributed by atoms with E-state index in [0.717, 1.165) is 22.7 Å². The zero-order chi connectivity index (χ0) is 12.8. The van der Waals surface area contributed by atoms with Crippen LogP contribution in [-0.2, 0) is 6.42 Å². The summed E-state index contributed by atoms with van der Waals surface area (Å²) in [4.78, 5) is 17.1. The summed E-state index contributed by atoms with van der Waals surface area (Å²) in [6.07, 6.45) is 7.11. The second-order valence-electron chi connectivity index (χ2n) is 4.83. The molecule has 0 aromatic heterocycles. The summed E-state index contributed by atoms with van der Waals surface area (Å²) < 4.78 is 0. The molecular formula is C17H11NO. The number of carbonyl (C=O) groups is 1. The maximum Gasteiger partial charge on any atom is 0.197 e. The quantitative estimate of drug-likeness (QED) is 0.596. The molecule has 0 saturated carbocycles. The number of benzene rings is 2. The van der Waals surface area contributed by atoms with E-state index in [2.05, 4.69) is 11.1 Å². The summed E-state index contributed by atoms with van der Waals surface area (Å²) in [5.41, 5.74) is 3.41. The van der Waals surface area contributed by atoms with Gasteiger partial charge in [-0.2, -0.15) is 0 Å². The number of carbonyl (C=O) groups excluding carboxylic acids is 1. The van der Waals surface area contributed by atoms with E-state index in [9.17, 15) is 4.79 Å². The van der Waals surface area contributed by atoms with Crippen molar-refractivity contribution >= 4 is 17.5 Å². The summed E-state index contributed by atoms with van der Waals surface area (Å²) in [6.45, 7) is 0. The smallest absolute Gasteiger partial charge is 0.197 e. The summed E-state index contributed by atoms with van der Waals surface area (Å²) >= 11 is 0. The third-order valence-corrected chi connectivity index (χ3v) is 3.64. The summed E-state index contributed by atoms with van der Waals surface area (Å²) in [6, 6.07) is 11.5. The Labute approximate surface area is 110 Å². The first-order valence-electron chi connectivity index (χ1n) is 6.35. The largest absolute Gasteiger partial charge is 0.288 e. The highest BCUT2D eigenvalue weighted by Crippen LogP contribution is 2.23. The fourth-order valence-corrected chi connectivity index (χ4v) is 2.66. The molecule has 0 radical (unpaired) electrons. The van der Waals surface area contributed by atoms with Gasteiger partial charge in [0, 0.05) is 11.1 Å². The van der Waals surface area contributed by atoms with Gasteiger partial charge in [-0.25, -0.2) is 4.99 Å². The van der Waals surface area contributed by atoms with E-state index < -0.39 is 0 Å². The van der Waals surface area contributed by atoms with Gasteiger partial charge < -0.3 is 0 Å². The zero-order valence-corrected chi connectivity index (χ0v) is 10.3. The number of rotatable bonds is 0. The molecule has 0 amide bonds. The monoisotopic (exact) mass is 245 g/mol. The first-order valence-corrected chi connectivity index (χ1v) is 6.35. The van der Waals surface area contributed by atoms with Crippen molar-refractivity contribution in [3.63, 3.8) is 0 Å². The molecule has 90 valence electrons. The van der Waals surface area contributed by atoms with Gasteiger partial charge in [0.25, 0.3) is 0 Å². The highest BCUT2D eigenvalue weighted by atomic mass is 16.1. The average molecular weight is 245 g/mol. The van der Waals surface area contributed by atoms with Crippen molar-refractivity contribution in [3.8, 4) is 0 Å². The van der Waals surface area contributed by atoms with E-state index in [1.54, 1.807) is 0 Å². The second-order valence-corrected chi connectivity index (χ2v) is 4.83. The van der Waals surface area contributed by atoms with Crippen LogP contribution < -0.4 is 10.6 Å². The van der Waals surface area contributed by atoms with Crippen molar-refractivity contribution < 1.29 is 4.79 Å². The molecule has 0 saturated heterocycles. The molecule has 2 aliphatic rings. The lowest BCUT2D eigenvalue weighted by atomic mass is 9.94. The van der Waals surface area contributed by atoms with Crippen LogP contribution in [0.5, 0.6) is 0 Å². The number of fused-ring (bicyclic) bond motifs is 3. The molecule has 2 aromatic carbocycles. The number of allylic oxidation sites excluding steroid dienone is 2. The minimum atomic E-state index is 0.0753. The molecule has 2 nitrogen and oxygen atoms in total.